The van der Waals surface area contributed by atoms with Gasteiger partial charge < -0.3 is 14.8 Å². The van der Waals surface area contributed by atoms with Gasteiger partial charge in [-0.2, -0.15) is 0 Å². The van der Waals surface area contributed by atoms with E-state index in [1.807, 2.05) is 50.2 Å². The van der Waals surface area contributed by atoms with Crippen molar-refractivity contribution in [1.29, 1.82) is 0 Å². The van der Waals surface area contributed by atoms with Crippen molar-refractivity contribution in [3.8, 4) is 11.5 Å². The van der Waals surface area contributed by atoms with Crippen LogP contribution < -0.4 is 14.8 Å². The molecule has 140 valence electrons. The van der Waals surface area contributed by atoms with E-state index in [4.69, 9.17) is 9.47 Å². The van der Waals surface area contributed by atoms with Crippen molar-refractivity contribution >= 4 is 11.6 Å². The summed E-state index contributed by atoms with van der Waals surface area (Å²) < 4.78 is 11.4. The predicted octanol–water partition coefficient (Wildman–Crippen LogP) is 5.04. The third kappa shape index (κ3) is 6.10. The number of amides is 1. The van der Waals surface area contributed by atoms with Crippen LogP contribution in [0, 0.1) is 5.92 Å². The van der Waals surface area contributed by atoms with E-state index in [1.165, 1.54) is 5.56 Å². The van der Waals surface area contributed by atoms with Gasteiger partial charge in [0, 0.05) is 11.6 Å². The summed E-state index contributed by atoms with van der Waals surface area (Å²) >= 11 is 0. The van der Waals surface area contributed by atoms with E-state index in [-0.39, 0.29) is 17.2 Å². The molecule has 0 spiro atoms. The van der Waals surface area contributed by atoms with Crippen LogP contribution in [0.4, 0.5) is 5.69 Å². The van der Waals surface area contributed by atoms with Crippen molar-refractivity contribution < 1.29 is 14.3 Å². The van der Waals surface area contributed by atoms with Crippen LogP contribution in [0.3, 0.4) is 0 Å². The minimum absolute atomic E-state index is 0.00421. The highest BCUT2D eigenvalue weighted by Gasteiger charge is 2.12. The molecule has 0 fully saturated rings. The lowest BCUT2D eigenvalue weighted by Gasteiger charge is -2.19. The molecule has 0 atom stereocenters. The molecule has 0 heterocycles. The molecule has 1 N–H and O–H groups in total. The first-order valence-corrected chi connectivity index (χ1v) is 9.03. The highest BCUT2D eigenvalue weighted by atomic mass is 16.5. The van der Waals surface area contributed by atoms with Crippen LogP contribution in [0.5, 0.6) is 11.5 Å². The van der Waals surface area contributed by atoms with Gasteiger partial charge in [0.1, 0.15) is 24.7 Å². The molecular formula is C22H29NO3. The van der Waals surface area contributed by atoms with Crippen molar-refractivity contribution in [2.24, 2.45) is 5.92 Å². The quantitative estimate of drug-likeness (QED) is 0.708. The molecule has 0 saturated heterocycles. The number of nitrogens with one attached hydrogen (secondary N) is 1. The van der Waals surface area contributed by atoms with E-state index in [9.17, 15) is 4.79 Å². The van der Waals surface area contributed by atoms with Crippen LogP contribution in [0.2, 0.25) is 0 Å². The Morgan fingerprint density at radius 3 is 1.77 bits per heavy atom. The normalized spacial score (nSPS) is 11.3. The zero-order chi connectivity index (χ0) is 19.2. The molecule has 0 aromatic heterocycles. The zero-order valence-corrected chi connectivity index (χ0v) is 16.3. The second-order valence-corrected chi connectivity index (χ2v) is 7.64. The second kappa shape index (κ2) is 8.75. The van der Waals surface area contributed by atoms with Crippen LogP contribution in [-0.2, 0) is 10.2 Å². The van der Waals surface area contributed by atoms with Gasteiger partial charge in [-0.25, -0.2) is 0 Å². The zero-order valence-electron chi connectivity index (χ0n) is 16.3. The fourth-order valence-corrected chi connectivity index (χ4v) is 2.29. The maximum atomic E-state index is 11.7. The van der Waals surface area contributed by atoms with Gasteiger partial charge in [-0.3, -0.25) is 4.79 Å². The number of carbonyl (C=O) groups is 1. The summed E-state index contributed by atoms with van der Waals surface area (Å²) in [4.78, 5) is 11.7. The van der Waals surface area contributed by atoms with E-state index in [2.05, 4.69) is 38.2 Å². The molecule has 0 saturated carbocycles. The molecule has 0 aliphatic rings. The molecule has 2 aromatic rings. The molecule has 0 aliphatic carbocycles. The molecule has 2 aromatic carbocycles. The number of hydrogen-bond acceptors (Lipinski definition) is 3. The Labute approximate surface area is 156 Å². The minimum atomic E-state index is -0.0412. The Hall–Kier alpha value is -2.49. The first-order chi connectivity index (χ1) is 12.3. The Balaban J connectivity index is 1.75. The summed E-state index contributed by atoms with van der Waals surface area (Å²) in [6, 6.07) is 15.5. The van der Waals surface area contributed by atoms with Gasteiger partial charge >= 0.3 is 0 Å². The monoisotopic (exact) mass is 355 g/mol. The highest BCUT2D eigenvalue weighted by molar-refractivity contribution is 5.92. The Morgan fingerprint density at radius 2 is 1.35 bits per heavy atom. The number of ether oxygens (including phenoxy) is 2. The Bertz CT molecular complexity index is 698. The predicted molar refractivity (Wildman–Crippen MR) is 106 cm³/mol. The van der Waals surface area contributed by atoms with E-state index in [1.54, 1.807) is 0 Å². The number of carbonyl (C=O) groups excluding carboxylic acids is 1. The number of anilines is 1. The molecule has 26 heavy (non-hydrogen) atoms. The van der Waals surface area contributed by atoms with Crippen LogP contribution in [0.15, 0.2) is 48.5 Å². The molecule has 1 amide bonds. The molecule has 4 nitrogen and oxygen atoms in total. The summed E-state index contributed by atoms with van der Waals surface area (Å²) in [5.74, 6) is 1.55. The first kappa shape index (κ1) is 19.8. The lowest BCUT2D eigenvalue weighted by atomic mass is 9.87. The standard InChI is InChI=1S/C22H29NO3/c1-16(2)21(24)23-18-8-12-20(13-9-18)26-15-14-25-19-10-6-17(7-11-19)22(3,4)5/h6-13,16H,14-15H2,1-5H3,(H,23,24). The number of rotatable bonds is 7. The molecule has 4 heteroatoms. The summed E-state index contributed by atoms with van der Waals surface area (Å²) in [7, 11) is 0. The second-order valence-electron chi connectivity index (χ2n) is 7.64. The van der Waals surface area contributed by atoms with Gasteiger partial charge in [-0.05, 0) is 47.4 Å². The van der Waals surface area contributed by atoms with Gasteiger partial charge in [-0.1, -0.05) is 46.8 Å². The molecule has 0 bridgehead atoms. The SMILES string of the molecule is CC(C)C(=O)Nc1ccc(OCCOc2ccc(C(C)(C)C)cc2)cc1. The minimum Gasteiger partial charge on any atom is -0.490 e. The van der Waals surface area contributed by atoms with Crippen molar-refractivity contribution in [2.75, 3.05) is 18.5 Å². The van der Waals surface area contributed by atoms with Gasteiger partial charge in [0.15, 0.2) is 0 Å². The third-order valence-electron chi connectivity index (χ3n) is 3.99. The van der Waals surface area contributed by atoms with E-state index in [0.29, 0.717) is 13.2 Å². The van der Waals surface area contributed by atoms with Crippen LogP contribution >= 0.6 is 0 Å². The van der Waals surface area contributed by atoms with Crippen molar-refractivity contribution in [3.63, 3.8) is 0 Å². The maximum Gasteiger partial charge on any atom is 0.226 e. The maximum absolute atomic E-state index is 11.7. The van der Waals surface area contributed by atoms with Gasteiger partial charge in [-0.15, -0.1) is 0 Å². The fourth-order valence-electron chi connectivity index (χ4n) is 2.29. The van der Waals surface area contributed by atoms with Gasteiger partial charge in [0.05, 0.1) is 0 Å². The van der Waals surface area contributed by atoms with E-state index < -0.39 is 0 Å². The largest absolute Gasteiger partial charge is 0.490 e. The fraction of sp³-hybridized carbons (Fsp3) is 0.409. The summed E-state index contributed by atoms with van der Waals surface area (Å²) in [5, 5.41) is 2.85. The summed E-state index contributed by atoms with van der Waals surface area (Å²) in [6.45, 7) is 11.2. The average Bonchev–Trinajstić information content (AvgIpc) is 2.59. The lowest BCUT2D eigenvalue weighted by Crippen LogP contribution is -2.17. The highest BCUT2D eigenvalue weighted by Crippen LogP contribution is 2.24. The Kier molecular flexibility index (Phi) is 6.67. The van der Waals surface area contributed by atoms with Crippen molar-refractivity contribution in [2.45, 2.75) is 40.0 Å². The van der Waals surface area contributed by atoms with Crippen LogP contribution in [0.25, 0.3) is 0 Å². The van der Waals surface area contributed by atoms with E-state index in [0.717, 1.165) is 17.2 Å². The molecule has 0 radical (unpaired) electrons. The molecule has 0 aliphatic heterocycles. The lowest BCUT2D eigenvalue weighted by molar-refractivity contribution is -0.118. The van der Waals surface area contributed by atoms with Crippen LogP contribution in [0.1, 0.15) is 40.2 Å². The van der Waals surface area contributed by atoms with Crippen LogP contribution in [-0.4, -0.2) is 19.1 Å². The van der Waals surface area contributed by atoms with Crippen molar-refractivity contribution in [1.82, 2.24) is 0 Å². The van der Waals surface area contributed by atoms with Crippen molar-refractivity contribution in [3.05, 3.63) is 54.1 Å². The average molecular weight is 355 g/mol. The first-order valence-electron chi connectivity index (χ1n) is 9.03. The van der Waals surface area contributed by atoms with Gasteiger partial charge in [0.25, 0.3) is 0 Å². The molecule has 2 rings (SSSR count). The smallest absolute Gasteiger partial charge is 0.226 e. The summed E-state index contributed by atoms with van der Waals surface area (Å²) in [6.07, 6.45) is 0. The van der Waals surface area contributed by atoms with E-state index >= 15 is 0 Å². The Morgan fingerprint density at radius 1 is 0.885 bits per heavy atom. The number of hydrogen-bond donors (Lipinski definition) is 1. The summed E-state index contributed by atoms with van der Waals surface area (Å²) in [5.41, 5.74) is 2.19. The topological polar surface area (TPSA) is 47.6 Å². The van der Waals surface area contributed by atoms with Gasteiger partial charge in [0.2, 0.25) is 5.91 Å². The number of benzene rings is 2. The molecular weight excluding hydrogens is 326 g/mol. The molecule has 0 unspecified atom stereocenters. The third-order valence-corrected chi connectivity index (χ3v) is 3.99.